The highest BCUT2D eigenvalue weighted by atomic mass is 16.5. The van der Waals surface area contributed by atoms with Gasteiger partial charge < -0.3 is 20.5 Å². The third-order valence-corrected chi connectivity index (χ3v) is 3.81. The molecule has 0 fully saturated rings. The molecule has 6 nitrogen and oxygen atoms in total. The molecule has 0 aliphatic carbocycles. The summed E-state index contributed by atoms with van der Waals surface area (Å²) in [6, 6.07) is 12.4. The maximum absolute atomic E-state index is 12.1. The van der Waals surface area contributed by atoms with Gasteiger partial charge in [0.05, 0.1) is 14.2 Å². The number of amides is 2. The van der Waals surface area contributed by atoms with Gasteiger partial charge in [-0.1, -0.05) is 12.1 Å². The maximum Gasteiger partial charge on any atom is 0.248 e. The minimum absolute atomic E-state index is 0.0886. The molecule has 2 aromatic rings. The molecule has 0 aliphatic heterocycles. The van der Waals surface area contributed by atoms with Crippen LogP contribution < -0.4 is 20.5 Å². The van der Waals surface area contributed by atoms with E-state index in [2.05, 4.69) is 5.32 Å². The Morgan fingerprint density at radius 3 is 2.56 bits per heavy atom. The maximum atomic E-state index is 12.1. The lowest BCUT2D eigenvalue weighted by atomic mass is 10.1. The monoisotopic (exact) mass is 342 g/mol. The Morgan fingerprint density at radius 1 is 1.08 bits per heavy atom. The predicted octanol–water partition coefficient (Wildman–Crippen LogP) is 2.05. The Balaban J connectivity index is 1.91. The zero-order chi connectivity index (χ0) is 18.2. The average molecular weight is 342 g/mol. The molecular formula is C19H22N2O4. The zero-order valence-electron chi connectivity index (χ0n) is 14.4. The number of methoxy groups -OCH3 is 2. The lowest BCUT2D eigenvalue weighted by Crippen LogP contribution is -2.23. The van der Waals surface area contributed by atoms with E-state index in [0.29, 0.717) is 24.9 Å². The normalized spacial score (nSPS) is 10.2. The summed E-state index contributed by atoms with van der Waals surface area (Å²) in [5.74, 6) is 0.870. The lowest BCUT2D eigenvalue weighted by molar-refractivity contribution is -0.121. The van der Waals surface area contributed by atoms with Crippen LogP contribution in [-0.4, -0.2) is 26.0 Å². The SMILES string of the molecule is COc1ccc(OC)c(CCC(=O)NCc2cccc(C(N)=O)c2)c1. The molecule has 0 heterocycles. The minimum Gasteiger partial charge on any atom is -0.497 e. The molecular weight excluding hydrogens is 320 g/mol. The number of ether oxygens (including phenoxy) is 2. The smallest absolute Gasteiger partial charge is 0.248 e. The number of hydrogen-bond donors (Lipinski definition) is 2. The molecule has 0 aliphatic rings. The summed E-state index contributed by atoms with van der Waals surface area (Å²) < 4.78 is 10.5. The Hall–Kier alpha value is -3.02. The van der Waals surface area contributed by atoms with Crippen molar-refractivity contribution in [2.45, 2.75) is 19.4 Å². The molecule has 0 aromatic heterocycles. The van der Waals surface area contributed by atoms with E-state index in [1.165, 1.54) is 0 Å². The van der Waals surface area contributed by atoms with Crippen LogP contribution in [0.5, 0.6) is 11.5 Å². The van der Waals surface area contributed by atoms with E-state index in [1.807, 2.05) is 24.3 Å². The highest BCUT2D eigenvalue weighted by Gasteiger charge is 2.09. The van der Waals surface area contributed by atoms with Gasteiger partial charge in [0.1, 0.15) is 11.5 Å². The molecule has 3 N–H and O–H groups in total. The fourth-order valence-electron chi connectivity index (χ4n) is 2.45. The van der Waals surface area contributed by atoms with Crippen LogP contribution in [0, 0.1) is 0 Å². The first kappa shape index (κ1) is 18.3. The molecule has 0 saturated carbocycles. The van der Waals surface area contributed by atoms with E-state index >= 15 is 0 Å². The van der Waals surface area contributed by atoms with Gasteiger partial charge in [0.25, 0.3) is 0 Å². The van der Waals surface area contributed by atoms with Crippen molar-refractivity contribution in [1.29, 1.82) is 0 Å². The molecule has 0 atom stereocenters. The van der Waals surface area contributed by atoms with E-state index in [0.717, 1.165) is 22.6 Å². The van der Waals surface area contributed by atoms with Gasteiger partial charge in [0, 0.05) is 18.5 Å². The van der Waals surface area contributed by atoms with Gasteiger partial charge >= 0.3 is 0 Å². The van der Waals surface area contributed by atoms with E-state index < -0.39 is 5.91 Å². The molecule has 0 unspecified atom stereocenters. The van der Waals surface area contributed by atoms with Crippen molar-refractivity contribution in [3.05, 3.63) is 59.2 Å². The summed E-state index contributed by atoms with van der Waals surface area (Å²) in [4.78, 5) is 23.3. The number of aryl methyl sites for hydroxylation is 1. The second-order valence-corrected chi connectivity index (χ2v) is 5.52. The summed E-state index contributed by atoms with van der Waals surface area (Å²) in [5, 5.41) is 2.84. The number of rotatable bonds is 8. The highest BCUT2D eigenvalue weighted by molar-refractivity contribution is 5.92. The number of carbonyl (C=O) groups excluding carboxylic acids is 2. The van der Waals surface area contributed by atoms with Crippen molar-refractivity contribution in [3.63, 3.8) is 0 Å². The molecule has 0 bridgehead atoms. The fourth-order valence-corrected chi connectivity index (χ4v) is 2.45. The number of primary amides is 1. The molecule has 2 amide bonds. The van der Waals surface area contributed by atoms with Crippen LogP contribution >= 0.6 is 0 Å². The van der Waals surface area contributed by atoms with Gasteiger partial charge in [0.15, 0.2) is 0 Å². The second kappa shape index (κ2) is 8.73. The summed E-state index contributed by atoms with van der Waals surface area (Å²) in [6.45, 7) is 0.342. The van der Waals surface area contributed by atoms with E-state index in [9.17, 15) is 9.59 Å². The summed E-state index contributed by atoms with van der Waals surface area (Å²) >= 11 is 0. The lowest BCUT2D eigenvalue weighted by Gasteiger charge is -2.11. The fraction of sp³-hybridized carbons (Fsp3) is 0.263. The third kappa shape index (κ3) is 5.24. The number of benzene rings is 2. The minimum atomic E-state index is -0.488. The highest BCUT2D eigenvalue weighted by Crippen LogP contribution is 2.25. The van der Waals surface area contributed by atoms with Crippen LogP contribution in [0.15, 0.2) is 42.5 Å². The predicted molar refractivity (Wildman–Crippen MR) is 94.7 cm³/mol. The summed E-state index contributed by atoms with van der Waals surface area (Å²) in [6.07, 6.45) is 0.854. The number of hydrogen-bond acceptors (Lipinski definition) is 4. The van der Waals surface area contributed by atoms with Crippen molar-refractivity contribution in [2.24, 2.45) is 5.73 Å². The number of nitrogens with two attached hydrogens (primary N) is 1. The Labute approximate surface area is 146 Å². The third-order valence-electron chi connectivity index (χ3n) is 3.81. The topological polar surface area (TPSA) is 90.7 Å². The van der Waals surface area contributed by atoms with Crippen molar-refractivity contribution in [1.82, 2.24) is 5.32 Å². The first-order valence-electron chi connectivity index (χ1n) is 7.90. The Morgan fingerprint density at radius 2 is 1.88 bits per heavy atom. The van der Waals surface area contributed by atoms with Crippen LogP contribution in [0.3, 0.4) is 0 Å². The molecule has 0 saturated heterocycles. The molecule has 132 valence electrons. The second-order valence-electron chi connectivity index (χ2n) is 5.52. The van der Waals surface area contributed by atoms with Gasteiger partial charge in [-0.05, 0) is 47.9 Å². The van der Waals surface area contributed by atoms with E-state index in [-0.39, 0.29) is 5.91 Å². The molecule has 25 heavy (non-hydrogen) atoms. The van der Waals surface area contributed by atoms with Crippen LogP contribution in [0.2, 0.25) is 0 Å². The van der Waals surface area contributed by atoms with Crippen LogP contribution in [0.4, 0.5) is 0 Å². The number of nitrogens with one attached hydrogen (secondary N) is 1. The zero-order valence-corrected chi connectivity index (χ0v) is 14.4. The average Bonchev–Trinajstić information content (AvgIpc) is 2.64. The summed E-state index contributed by atoms with van der Waals surface area (Å²) in [7, 11) is 3.19. The Bertz CT molecular complexity index is 759. The summed E-state index contributed by atoms with van der Waals surface area (Å²) in [5.41, 5.74) is 7.41. The van der Waals surface area contributed by atoms with E-state index in [1.54, 1.807) is 32.4 Å². The van der Waals surface area contributed by atoms with Crippen molar-refractivity contribution in [2.75, 3.05) is 14.2 Å². The molecule has 2 rings (SSSR count). The van der Waals surface area contributed by atoms with Gasteiger partial charge in [-0.2, -0.15) is 0 Å². The van der Waals surface area contributed by atoms with E-state index in [4.69, 9.17) is 15.2 Å². The van der Waals surface area contributed by atoms with Crippen LogP contribution in [0.1, 0.15) is 27.9 Å². The molecule has 0 spiro atoms. The quantitative estimate of drug-likeness (QED) is 0.768. The van der Waals surface area contributed by atoms with Crippen LogP contribution in [-0.2, 0) is 17.8 Å². The largest absolute Gasteiger partial charge is 0.497 e. The first-order valence-corrected chi connectivity index (χ1v) is 7.90. The van der Waals surface area contributed by atoms with Crippen LogP contribution in [0.25, 0.3) is 0 Å². The molecule has 2 aromatic carbocycles. The van der Waals surface area contributed by atoms with Gasteiger partial charge in [0.2, 0.25) is 11.8 Å². The number of carbonyl (C=O) groups is 2. The van der Waals surface area contributed by atoms with Crippen molar-refractivity contribution < 1.29 is 19.1 Å². The molecule has 0 radical (unpaired) electrons. The molecule has 6 heteroatoms. The Kier molecular flexibility index (Phi) is 6.39. The first-order chi connectivity index (χ1) is 12.0. The standard InChI is InChI=1S/C19H22N2O4/c1-24-16-7-8-17(25-2)14(11-16)6-9-18(22)21-12-13-4-3-5-15(10-13)19(20)23/h3-5,7-8,10-11H,6,9,12H2,1-2H3,(H2,20,23)(H,21,22). The van der Waals surface area contributed by atoms with Crippen molar-refractivity contribution in [3.8, 4) is 11.5 Å². The van der Waals surface area contributed by atoms with Crippen molar-refractivity contribution >= 4 is 11.8 Å². The van der Waals surface area contributed by atoms with Gasteiger partial charge in [-0.3, -0.25) is 9.59 Å². The van der Waals surface area contributed by atoms with Gasteiger partial charge in [-0.15, -0.1) is 0 Å². The van der Waals surface area contributed by atoms with Gasteiger partial charge in [-0.25, -0.2) is 0 Å².